The molecular formula is C15H23BrN2O. The van der Waals surface area contributed by atoms with Gasteiger partial charge >= 0.3 is 0 Å². The van der Waals surface area contributed by atoms with E-state index in [4.69, 9.17) is 10.5 Å². The van der Waals surface area contributed by atoms with Gasteiger partial charge in [-0.3, -0.25) is 4.98 Å². The molecule has 106 valence electrons. The quantitative estimate of drug-likeness (QED) is 0.902. The number of nitrogens with zero attached hydrogens (tertiary/aromatic N) is 1. The highest BCUT2D eigenvalue weighted by molar-refractivity contribution is 9.10. The Morgan fingerprint density at radius 2 is 2.11 bits per heavy atom. The van der Waals surface area contributed by atoms with Crippen molar-refractivity contribution in [3.8, 4) is 5.75 Å². The van der Waals surface area contributed by atoms with E-state index < -0.39 is 0 Å². The summed E-state index contributed by atoms with van der Waals surface area (Å²) >= 11 is 3.48. The fraction of sp³-hybridized carbons (Fsp3) is 0.667. The van der Waals surface area contributed by atoms with E-state index in [2.05, 4.69) is 41.7 Å². The Hall–Kier alpha value is -0.770. The molecule has 1 heterocycles. The first kappa shape index (κ1) is 14.6. The first-order valence-electron chi connectivity index (χ1n) is 7.04. The molecule has 1 aliphatic rings. The zero-order chi connectivity index (χ0) is 14.0. The smallest absolute Gasteiger partial charge is 0.159 e. The van der Waals surface area contributed by atoms with Gasteiger partial charge in [-0.05, 0) is 46.5 Å². The molecule has 2 rings (SSSR count). The predicted molar refractivity (Wildman–Crippen MR) is 82.1 cm³/mol. The lowest BCUT2D eigenvalue weighted by molar-refractivity contribution is 0.0460. The van der Waals surface area contributed by atoms with Crippen LogP contribution in [-0.4, -0.2) is 11.1 Å². The highest BCUT2D eigenvalue weighted by atomic mass is 79.9. The van der Waals surface area contributed by atoms with E-state index in [1.165, 1.54) is 12.8 Å². The summed E-state index contributed by atoms with van der Waals surface area (Å²) in [6.45, 7) is 6.86. The summed E-state index contributed by atoms with van der Waals surface area (Å²) in [7, 11) is 0. The third-order valence-electron chi connectivity index (χ3n) is 4.11. The Kier molecular flexibility index (Phi) is 4.71. The summed E-state index contributed by atoms with van der Waals surface area (Å²) in [6.07, 6.45) is 7.29. The van der Waals surface area contributed by atoms with E-state index in [1.54, 1.807) is 12.4 Å². The molecule has 1 aromatic rings. The molecule has 0 spiro atoms. The minimum Gasteiger partial charge on any atom is -0.487 e. The van der Waals surface area contributed by atoms with Crippen LogP contribution in [0.1, 0.15) is 40.0 Å². The van der Waals surface area contributed by atoms with Gasteiger partial charge in [0, 0.05) is 6.20 Å². The second-order valence-electron chi connectivity index (χ2n) is 6.02. The number of pyridine rings is 1. The van der Waals surface area contributed by atoms with Crippen molar-refractivity contribution in [3.63, 3.8) is 0 Å². The van der Waals surface area contributed by atoms with E-state index in [1.807, 2.05) is 0 Å². The van der Waals surface area contributed by atoms with Crippen LogP contribution in [0.25, 0.3) is 0 Å². The van der Waals surface area contributed by atoms with Gasteiger partial charge in [0.1, 0.15) is 6.10 Å². The van der Waals surface area contributed by atoms with Gasteiger partial charge in [-0.15, -0.1) is 0 Å². The van der Waals surface area contributed by atoms with Gasteiger partial charge < -0.3 is 10.5 Å². The van der Waals surface area contributed by atoms with E-state index in [-0.39, 0.29) is 6.10 Å². The van der Waals surface area contributed by atoms with E-state index >= 15 is 0 Å². The van der Waals surface area contributed by atoms with E-state index in [0.29, 0.717) is 17.5 Å². The molecule has 1 fully saturated rings. The molecule has 3 atom stereocenters. The number of nitrogens with two attached hydrogens (primary N) is 1. The topological polar surface area (TPSA) is 48.1 Å². The predicted octanol–water partition coefficient (Wildman–Crippen LogP) is 4.27. The Bertz CT molecular complexity index is 416. The van der Waals surface area contributed by atoms with Crippen LogP contribution in [0.5, 0.6) is 5.75 Å². The molecule has 1 aliphatic carbocycles. The normalized spacial score (nSPS) is 27.5. The molecule has 3 nitrogen and oxygen atoms in total. The second kappa shape index (κ2) is 6.12. The van der Waals surface area contributed by atoms with E-state index in [9.17, 15) is 0 Å². The van der Waals surface area contributed by atoms with Gasteiger partial charge in [0.05, 0.1) is 16.4 Å². The standard InChI is InChI=1S/C15H23BrN2O/c1-9(2)11-5-4-10(3)6-14(11)19-15-12(16)7-18-8-13(15)17/h7-11,14H,4-6,17H2,1-3H3. The van der Waals surface area contributed by atoms with Crippen LogP contribution in [0.3, 0.4) is 0 Å². The molecule has 0 aliphatic heterocycles. The monoisotopic (exact) mass is 326 g/mol. The van der Waals surface area contributed by atoms with E-state index in [0.717, 1.165) is 22.6 Å². The Morgan fingerprint density at radius 3 is 2.74 bits per heavy atom. The number of aromatic nitrogens is 1. The summed E-state index contributed by atoms with van der Waals surface area (Å²) in [5.41, 5.74) is 6.58. The highest BCUT2D eigenvalue weighted by Gasteiger charge is 2.32. The summed E-state index contributed by atoms with van der Waals surface area (Å²) in [5, 5.41) is 0. The number of halogens is 1. The van der Waals surface area contributed by atoms with Crippen molar-refractivity contribution in [3.05, 3.63) is 16.9 Å². The third kappa shape index (κ3) is 3.41. The van der Waals surface area contributed by atoms with Crippen molar-refractivity contribution in [1.82, 2.24) is 4.98 Å². The molecule has 0 saturated heterocycles. The van der Waals surface area contributed by atoms with Gasteiger partial charge in [-0.1, -0.05) is 27.2 Å². The summed E-state index contributed by atoms with van der Waals surface area (Å²) in [6, 6.07) is 0. The van der Waals surface area contributed by atoms with Crippen molar-refractivity contribution in [2.45, 2.75) is 46.1 Å². The Balaban J connectivity index is 2.19. The largest absolute Gasteiger partial charge is 0.487 e. The van der Waals surface area contributed by atoms with Crippen molar-refractivity contribution >= 4 is 21.6 Å². The van der Waals surface area contributed by atoms with Crippen LogP contribution in [0.4, 0.5) is 5.69 Å². The zero-order valence-electron chi connectivity index (χ0n) is 11.9. The Morgan fingerprint density at radius 1 is 1.37 bits per heavy atom. The molecule has 19 heavy (non-hydrogen) atoms. The fourth-order valence-corrected chi connectivity index (χ4v) is 3.40. The van der Waals surface area contributed by atoms with Crippen molar-refractivity contribution < 1.29 is 4.74 Å². The number of hydrogen-bond acceptors (Lipinski definition) is 3. The molecule has 0 aromatic carbocycles. The molecule has 3 unspecified atom stereocenters. The molecule has 1 aromatic heterocycles. The van der Waals surface area contributed by atoms with Crippen LogP contribution in [0.2, 0.25) is 0 Å². The molecule has 1 saturated carbocycles. The Labute approximate surface area is 124 Å². The van der Waals surface area contributed by atoms with Crippen LogP contribution < -0.4 is 10.5 Å². The molecule has 0 amide bonds. The zero-order valence-corrected chi connectivity index (χ0v) is 13.5. The minimum atomic E-state index is 0.254. The van der Waals surface area contributed by atoms with Crippen molar-refractivity contribution in [2.24, 2.45) is 17.8 Å². The van der Waals surface area contributed by atoms with Crippen molar-refractivity contribution in [2.75, 3.05) is 5.73 Å². The van der Waals surface area contributed by atoms with Crippen LogP contribution in [0, 0.1) is 17.8 Å². The maximum Gasteiger partial charge on any atom is 0.159 e. The number of hydrogen-bond donors (Lipinski definition) is 1. The third-order valence-corrected chi connectivity index (χ3v) is 4.68. The number of anilines is 1. The molecule has 4 heteroatoms. The number of ether oxygens (including phenoxy) is 1. The lowest BCUT2D eigenvalue weighted by Gasteiger charge is -2.37. The van der Waals surface area contributed by atoms with Crippen LogP contribution in [0.15, 0.2) is 16.9 Å². The van der Waals surface area contributed by atoms with Gasteiger partial charge in [-0.2, -0.15) is 0 Å². The maximum atomic E-state index is 6.25. The first-order chi connectivity index (χ1) is 8.99. The average molecular weight is 327 g/mol. The van der Waals surface area contributed by atoms with Crippen LogP contribution >= 0.6 is 15.9 Å². The summed E-state index contributed by atoms with van der Waals surface area (Å²) in [4.78, 5) is 4.05. The highest BCUT2D eigenvalue weighted by Crippen LogP contribution is 2.39. The second-order valence-corrected chi connectivity index (χ2v) is 6.88. The number of nitrogen functional groups attached to an aromatic ring is 1. The van der Waals surface area contributed by atoms with Gasteiger partial charge in [0.25, 0.3) is 0 Å². The first-order valence-corrected chi connectivity index (χ1v) is 7.84. The van der Waals surface area contributed by atoms with Gasteiger partial charge in [0.15, 0.2) is 5.75 Å². The summed E-state index contributed by atoms with van der Waals surface area (Å²) < 4.78 is 7.09. The van der Waals surface area contributed by atoms with Crippen molar-refractivity contribution in [1.29, 1.82) is 0 Å². The molecule has 0 radical (unpaired) electrons. The lowest BCUT2D eigenvalue weighted by atomic mass is 9.75. The molecule has 2 N–H and O–H groups in total. The average Bonchev–Trinajstić information content (AvgIpc) is 2.33. The fourth-order valence-electron chi connectivity index (χ4n) is 2.96. The maximum absolute atomic E-state index is 6.25. The number of rotatable bonds is 3. The SMILES string of the molecule is CC1CCC(C(C)C)C(Oc2c(N)cncc2Br)C1. The summed E-state index contributed by atoms with van der Waals surface area (Å²) in [5.74, 6) is 2.72. The van der Waals surface area contributed by atoms with Gasteiger partial charge in [0.2, 0.25) is 0 Å². The van der Waals surface area contributed by atoms with Crippen LogP contribution in [-0.2, 0) is 0 Å². The molecular weight excluding hydrogens is 304 g/mol. The minimum absolute atomic E-state index is 0.254. The lowest BCUT2D eigenvalue weighted by Crippen LogP contribution is -2.36. The van der Waals surface area contributed by atoms with Gasteiger partial charge in [-0.25, -0.2) is 0 Å². The molecule has 0 bridgehead atoms.